The molecule has 3 rings (SSSR count). The number of aromatic nitrogens is 2. The number of nitrogens with one attached hydrogen (secondary N) is 1. The summed E-state index contributed by atoms with van der Waals surface area (Å²) in [5, 5.41) is 7.37. The molecule has 0 radical (unpaired) electrons. The van der Waals surface area contributed by atoms with Gasteiger partial charge in [0, 0.05) is 18.2 Å². The van der Waals surface area contributed by atoms with E-state index in [1.54, 1.807) is 42.1 Å². The van der Waals surface area contributed by atoms with Gasteiger partial charge in [-0.25, -0.2) is 0 Å². The van der Waals surface area contributed by atoms with Crippen molar-refractivity contribution in [2.45, 2.75) is 13.0 Å². The quantitative estimate of drug-likeness (QED) is 0.743. The van der Waals surface area contributed by atoms with Crippen LogP contribution in [0.4, 0.5) is 0 Å². The first-order valence-electron chi connectivity index (χ1n) is 8.26. The second-order valence-electron chi connectivity index (χ2n) is 6.09. The predicted molar refractivity (Wildman–Crippen MR) is 99.5 cm³/mol. The van der Waals surface area contributed by atoms with Gasteiger partial charge < -0.3 is 11.1 Å². The van der Waals surface area contributed by atoms with Gasteiger partial charge in [-0.15, -0.1) is 0 Å². The summed E-state index contributed by atoms with van der Waals surface area (Å²) in [6.45, 7) is 1.88. The van der Waals surface area contributed by atoms with Crippen molar-refractivity contribution in [1.82, 2.24) is 15.1 Å². The summed E-state index contributed by atoms with van der Waals surface area (Å²) in [6.07, 6.45) is 0. The molecule has 0 aliphatic heterocycles. The van der Waals surface area contributed by atoms with Crippen LogP contribution in [-0.2, 0) is 7.05 Å². The van der Waals surface area contributed by atoms with Gasteiger partial charge in [-0.1, -0.05) is 42.5 Å². The number of primary amides is 1. The van der Waals surface area contributed by atoms with Gasteiger partial charge in [0.25, 0.3) is 5.91 Å². The Bertz CT molecular complexity index is 930. The van der Waals surface area contributed by atoms with E-state index in [2.05, 4.69) is 10.4 Å². The van der Waals surface area contributed by atoms with Gasteiger partial charge in [0.05, 0.1) is 11.7 Å². The molecule has 132 valence electrons. The summed E-state index contributed by atoms with van der Waals surface area (Å²) >= 11 is 0. The fraction of sp³-hybridized carbons (Fsp3) is 0.150. The van der Waals surface area contributed by atoms with E-state index < -0.39 is 5.91 Å². The molecule has 0 spiro atoms. The Kier molecular flexibility index (Phi) is 4.84. The minimum Gasteiger partial charge on any atom is -0.366 e. The van der Waals surface area contributed by atoms with Crippen molar-refractivity contribution < 1.29 is 9.59 Å². The molecule has 2 amide bonds. The number of amides is 2. The highest BCUT2D eigenvalue weighted by molar-refractivity contribution is 5.94. The largest absolute Gasteiger partial charge is 0.366 e. The second kappa shape index (κ2) is 7.23. The van der Waals surface area contributed by atoms with E-state index >= 15 is 0 Å². The fourth-order valence-electron chi connectivity index (χ4n) is 2.72. The molecule has 0 bridgehead atoms. The van der Waals surface area contributed by atoms with E-state index in [4.69, 9.17) is 5.73 Å². The number of benzene rings is 2. The fourth-order valence-corrected chi connectivity index (χ4v) is 2.72. The third kappa shape index (κ3) is 3.64. The molecule has 0 saturated heterocycles. The summed E-state index contributed by atoms with van der Waals surface area (Å²) in [4.78, 5) is 23.8. The SMILES string of the molecule is C[C@@H](NC(=O)c1cc(-c2ccccc2)nn1C)c1ccc(C(N)=O)cc1. The molecule has 6 nitrogen and oxygen atoms in total. The Labute approximate surface area is 151 Å². The van der Waals surface area contributed by atoms with E-state index in [0.717, 1.165) is 16.8 Å². The lowest BCUT2D eigenvalue weighted by atomic mass is 10.1. The molecule has 3 N–H and O–H groups in total. The van der Waals surface area contributed by atoms with Gasteiger partial charge in [0.1, 0.15) is 5.69 Å². The number of carbonyl (C=O) groups is 2. The third-order valence-corrected chi connectivity index (χ3v) is 4.22. The first-order valence-corrected chi connectivity index (χ1v) is 8.26. The zero-order valence-electron chi connectivity index (χ0n) is 14.6. The van der Waals surface area contributed by atoms with Crippen LogP contribution in [0.25, 0.3) is 11.3 Å². The summed E-state index contributed by atoms with van der Waals surface area (Å²) < 4.78 is 1.57. The lowest BCUT2D eigenvalue weighted by Gasteiger charge is -2.14. The highest BCUT2D eigenvalue weighted by Gasteiger charge is 2.17. The van der Waals surface area contributed by atoms with Crippen molar-refractivity contribution in [1.29, 1.82) is 0 Å². The lowest BCUT2D eigenvalue weighted by molar-refractivity contribution is 0.0929. The molecule has 26 heavy (non-hydrogen) atoms. The van der Waals surface area contributed by atoms with Crippen LogP contribution in [-0.4, -0.2) is 21.6 Å². The molecule has 0 saturated carbocycles. The maximum absolute atomic E-state index is 12.6. The minimum absolute atomic E-state index is 0.214. The van der Waals surface area contributed by atoms with Crippen molar-refractivity contribution in [3.05, 3.63) is 77.5 Å². The number of hydrogen-bond donors (Lipinski definition) is 2. The topological polar surface area (TPSA) is 90.0 Å². The summed E-state index contributed by atoms with van der Waals surface area (Å²) in [5.74, 6) is -0.690. The van der Waals surface area contributed by atoms with Gasteiger partial charge >= 0.3 is 0 Å². The summed E-state index contributed by atoms with van der Waals surface area (Å²) in [6, 6.07) is 18.1. The first kappa shape index (κ1) is 17.4. The number of hydrogen-bond acceptors (Lipinski definition) is 3. The molecule has 0 fully saturated rings. The average molecular weight is 348 g/mol. The minimum atomic E-state index is -0.475. The van der Waals surface area contributed by atoms with Gasteiger partial charge in [-0.2, -0.15) is 5.10 Å². The molecule has 1 atom stereocenters. The van der Waals surface area contributed by atoms with Crippen LogP contribution in [0.2, 0.25) is 0 Å². The molecule has 0 unspecified atom stereocenters. The van der Waals surface area contributed by atoms with Gasteiger partial charge in [0.2, 0.25) is 5.91 Å². The van der Waals surface area contributed by atoms with E-state index in [1.807, 2.05) is 37.3 Å². The smallest absolute Gasteiger partial charge is 0.270 e. The van der Waals surface area contributed by atoms with Crippen LogP contribution in [0.3, 0.4) is 0 Å². The predicted octanol–water partition coefficient (Wildman–Crippen LogP) is 2.68. The van der Waals surface area contributed by atoms with Crippen LogP contribution in [0.5, 0.6) is 0 Å². The van der Waals surface area contributed by atoms with Crippen molar-refractivity contribution >= 4 is 11.8 Å². The third-order valence-electron chi connectivity index (χ3n) is 4.22. The van der Waals surface area contributed by atoms with E-state index in [1.165, 1.54) is 0 Å². The Morgan fingerprint density at radius 2 is 1.73 bits per heavy atom. The van der Waals surface area contributed by atoms with Crippen molar-refractivity contribution in [2.24, 2.45) is 12.8 Å². The summed E-state index contributed by atoms with van der Waals surface area (Å²) in [7, 11) is 1.74. The number of carbonyl (C=O) groups excluding carboxylic acids is 2. The summed E-state index contributed by atoms with van der Waals surface area (Å²) in [5.41, 5.74) is 8.74. The van der Waals surface area contributed by atoms with Crippen LogP contribution < -0.4 is 11.1 Å². The molecule has 1 heterocycles. The van der Waals surface area contributed by atoms with Crippen LogP contribution in [0.15, 0.2) is 60.7 Å². The van der Waals surface area contributed by atoms with Crippen molar-refractivity contribution in [2.75, 3.05) is 0 Å². The maximum atomic E-state index is 12.6. The standard InChI is InChI=1S/C20H20N4O2/c1-13(14-8-10-16(11-9-14)19(21)25)22-20(26)18-12-17(23-24(18)2)15-6-4-3-5-7-15/h3-13H,1-2H3,(H2,21,25)(H,22,26)/t13-/m1/s1. The Morgan fingerprint density at radius 3 is 2.35 bits per heavy atom. The van der Waals surface area contributed by atoms with Crippen molar-refractivity contribution in [3.63, 3.8) is 0 Å². The molecular weight excluding hydrogens is 328 g/mol. The average Bonchev–Trinajstić information content (AvgIpc) is 3.04. The second-order valence-corrected chi connectivity index (χ2v) is 6.09. The van der Waals surface area contributed by atoms with E-state index in [-0.39, 0.29) is 11.9 Å². The highest BCUT2D eigenvalue weighted by Crippen LogP contribution is 2.19. The highest BCUT2D eigenvalue weighted by atomic mass is 16.2. The molecule has 6 heteroatoms. The number of nitrogens with two attached hydrogens (primary N) is 1. The van der Waals surface area contributed by atoms with Crippen LogP contribution in [0.1, 0.15) is 39.4 Å². The lowest BCUT2D eigenvalue weighted by Crippen LogP contribution is -2.28. The Morgan fingerprint density at radius 1 is 1.08 bits per heavy atom. The van der Waals surface area contributed by atoms with Gasteiger partial charge in [-0.05, 0) is 30.7 Å². The van der Waals surface area contributed by atoms with Gasteiger partial charge in [0.15, 0.2) is 0 Å². The zero-order valence-corrected chi connectivity index (χ0v) is 14.6. The van der Waals surface area contributed by atoms with Crippen LogP contribution in [0, 0.1) is 0 Å². The van der Waals surface area contributed by atoms with Crippen LogP contribution >= 0.6 is 0 Å². The molecular formula is C20H20N4O2. The van der Waals surface area contributed by atoms with E-state index in [9.17, 15) is 9.59 Å². The Hall–Kier alpha value is -3.41. The normalized spacial score (nSPS) is 11.8. The molecule has 0 aliphatic rings. The first-order chi connectivity index (χ1) is 12.5. The molecule has 1 aromatic heterocycles. The molecule has 2 aromatic carbocycles. The molecule has 3 aromatic rings. The number of aryl methyl sites for hydroxylation is 1. The zero-order chi connectivity index (χ0) is 18.7. The van der Waals surface area contributed by atoms with E-state index in [0.29, 0.717) is 11.3 Å². The molecule has 0 aliphatic carbocycles. The number of rotatable bonds is 5. The maximum Gasteiger partial charge on any atom is 0.270 e. The van der Waals surface area contributed by atoms with Gasteiger partial charge in [-0.3, -0.25) is 14.3 Å². The Balaban J connectivity index is 1.75. The van der Waals surface area contributed by atoms with Crippen molar-refractivity contribution in [3.8, 4) is 11.3 Å². The number of nitrogens with zero attached hydrogens (tertiary/aromatic N) is 2. The monoisotopic (exact) mass is 348 g/mol.